The van der Waals surface area contributed by atoms with Crippen LogP contribution in [0.3, 0.4) is 0 Å². The van der Waals surface area contributed by atoms with Crippen LogP contribution in [0.4, 0.5) is 14.5 Å². The number of halogens is 2. The van der Waals surface area contributed by atoms with Crippen molar-refractivity contribution in [3.05, 3.63) is 39.4 Å². The van der Waals surface area contributed by atoms with E-state index in [1.165, 1.54) is 4.90 Å². The number of nitrogens with zero attached hydrogens (tertiary/aromatic N) is 2. The molecule has 1 aliphatic heterocycles. The van der Waals surface area contributed by atoms with Crippen molar-refractivity contribution in [2.24, 2.45) is 5.92 Å². The van der Waals surface area contributed by atoms with E-state index in [4.69, 9.17) is 0 Å². The third-order valence-corrected chi connectivity index (χ3v) is 3.88. The summed E-state index contributed by atoms with van der Waals surface area (Å²) in [5.74, 6) is -2.87. The maximum absolute atomic E-state index is 14.1. The van der Waals surface area contributed by atoms with Crippen molar-refractivity contribution in [2.45, 2.75) is 32.7 Å². The lowest BCUT2D eigenvalue weighted by Gasteiger charge is -2.36. The van der Waals surface area contributed by atoms with E-state index in [1.54, 1.807) is 6.92 Å². The first-order chi connectivity index (χ1) is 9.82. The van der Waals surface area contributed by atoms with Crippen molar-refractivity contribution in [3.63, 3.8) is 0 Å². The molecule has 0 aromatic heterocycles. The third kappa shape index (κ3) is 2.86. The summed E-state index contributed by atoms with van der Waals surface area (Å²) in [5, 5.41) is 10.7. The topological polar surface area (TPSA) is 63.5 Å². The van der Waals surface area contributed by atoms with Crippen LogP contribution in [0.5, 0.6) is 0 Å². The fourth-order valence-corrected chi connectivity index (χ4v) is 2.73. The van der Waals surface area contributed by atoms with Crippen LogP contribution in [0.25, 0.3) is 0 Å². The Morgan fingerprint density at radius 3 is 2.62 bits per heavy atom. The van der Waals surface area contributed by atoms with Crippen LogP contribution in [-0.4, -0.2) is 28.3 Å². The molecular formula is C14H16F2N2O3. The van der Waals surface area contributed by atoms with Crippen LogP contribution in [-0.2, 0) is 0 Å². The Balaban J connectivity index is 2.39. The normalized spacial score (nSPS) is 22.2. The minimum absolute atomic E-state index is 0.153. The number of amides is 1. The van der Waals surface area contributed by atoms with Crippen LogP contribution in [0, 0.1) is 27.7 Å². The number of carbonyl (C=O) groups is 1. The average Bonchev–Trinajstić information content (AvgIpc) is 2.37. The Labute approximate surface area is 120 Å². The lowest BCUT2D eigenvalue weighted by molar-refractivity contribution is -0.387. The Kier molecular flexibility index (Phi) is 4.20. The predicted octanol–water partition coefficient (Wildman–Crippen LogP) is 3.13. The van der Waals surface area contributed by atoms with Gasteiger partial charge in [0.15, 0.2) is 0 Å². The van der Waals surface area contributed by atoms with Crippen molar-refractivity contribution in [1.82, 2.24) is 4.90 Å². The molecule has 1 fully saturated rings. The number of rotatable bonds is 2. The molecule has 0 saturated carbocycles. The fourth-order valence-electron chi connectivity index (χ4n) is 2.73. The highest BCUT2D eigenvalue weighted by Crippen LogP contribution is 2.28. The quantitative estimate of drug-likeness (QED) is 0.622. The molecule has 5 nitrogen and oxygen atoms in total. The number of hydrogen-bond acceptors (Lipinski definition) is 3. The van der Waals surface area contributed by atoms with Gasteiger partial charge in [-0.1, -0.05) is 6.92 Å². The molecule has 21 heavy (non-hydrogen) atoms. The molecule has 1 amide bonds. The molecule has 0 N–H and O–H groups in total. The first-order valence-electron chi connectivity index (χ1n) is 6.76. The van der Waals surface area contributed by atoms with Gasteiger partial charge < -0.3 is 4.90 Å². The van der Waals surface area contributed by atoms with Gasteiger partial charge in [-0.3, -0.25) is 14.9 Å². The third-order valence-electron chi connectivity index (χ3n) is 3.88. The van der Waals surface area contributed by atoms with Gasteiger partial charge in [-0.15, -0.1) is 0 Å². The summed E-state index contributed by atoms with van der Waals surface area (Å²) in [6.45, 7) is 4.25. The molecule has 1 aliphatic rings. The first kappa shape index (κ1) is 15.3. The second-order valence-corrected chi connectivity index (χ2v) is 5.49. The van der Waals surface area contributed by atoms with Gasteiger partial charge in [-0.05, 0) is 31.7 Å². The number of nitro groups is 1. The largest absolute Gasteiger partial charge is 0.336 e. The number of nitro benzene ring substituents is 1. The molecule has 2 unspecified atom stereocenters. The van der Waals surface area contributed by atoms with Gasteiger partial charge in [0.1, 0.15) is 11.4 Å². The second kappa shape index (κ2) is 5.75. The van der Waals surface area contributed by atoms with Gasteiger partial charge in [-0.25, -0.2) is 4.39 Å². The zero-order valence-corrected chi connectivity index (χ0v) is 11.8. The summed E-state index contributed by atoms with van der Waals surface area (Å²) in [7, 11) is 0. The Bertz CT molecular complexity index is 592. The Hall–Kier alpha value is -2.05. The lowest BCUT2D eigenvalue weighted by Crippen LogP contribution is -2.44. The molecule has 0 aliphatic carbocycles. The number of likely N-dealkylation sites (tertiary alicyclic amines) is 1. The van der Waals surface area contributed by atoms with E-state index in [2.05, 4.69) is 0 Å². The average molecular weight is 298 g/mol. The molecule has 0 spiro atoms. The fraction of sp³-hybridized carbons (Fsp3) is 0.500. The number of hydrogen-bond donors (Lipinski definition) is 0. The maximum atomic E-state index is 14.1. The minimum atomic E-state index is -1.41. The molecule has 1 saturated heterocycles. The van der Waals surface area contributed by atoms with E-state index < -0.39 is 33.7 Å². The number of benzene rings is 1. The summed E-state index contributed by atoms with van der Waals surface area (Å²) < 4.78 is 27.9. The van der Waals surface area contributed by atoms with Gasteiger partial charge >= 0.3 is 5.69 Å². The molecule has 1 heterocycles. The van der Waals surface area contributed by atoms with Gasteiger partial charge in [-0.2, -0.15) is 4.39 Å². The van der Waals surface area contributed by atoms with E-state index in [0.717, 1.165) is 25.0 Å². The van der Waals surface area contributed by atoms with Gasteiger partial charge in [0.05, 0.1) is 4.92 Å². The van der Waals surface area contributed by atoms with Crippen LogP contribution in [0.2, 0.25) is 0 Å². The van der Waals surface area contributed by atoms with E-state index in [-0.39, 0.29) is 6.04 Å². The van der Waals surface area contributed by atoms with Gasteiger partial charge in [0.25, 0.3) is 5.91 Å². The van der Waals surface area contributed by atoms with E-state index in [1.807, 2.05) is 6.92 Å². The highest BCUT2D eigenvalue weighted by Gasteiger charge is 2.33. The van der Waals surface area contributed by atoms with Crippen molar-refractivity contribution >= 4 is 11.6 Å². The minimum Gasteiger partial charge on any atom is -0.336 e. The molecule has 0 bridgehead atoms. The van der Waals surface area contributed by atoms with E-state index in [0.29, 0.717) is 12.5 Å². The summed E-state index contributed by atoms with van der Waals surface area (Å²) in [5.41, 5.74) is -1.73. The summed E-state index contributed by atoms with van der Waals surface area (Å²) >= 11 is 0. The molecule has 7 heteroatoms. The van der Waals surface area contributed by atoms with Crippen LogP contribution >= 0.6 is 0 Å². The number of carbonyl (C=O) groups excluding carboxylic acids is 1. The predicted molar refractivity (Wildman–Crippen MR) is 71.9 cm³/mol. The van der Waals surface area contributed by atoms with E-state index in [9.17, 15) is 23.7 Å². The van der Waals surface area contributed by atoms with Crippen molar-refractivity contribution in [1.29, 1.82) is 0 Å². The van der Waals surface area contributed by atoms with Crippen molar-refractivity contribution in [2.75, 3.05) is 6.54 Å². The van der Waals surface area contributed by atoms with Crippen LogP contribution in [0.1, 0.15) is 37.0 Å². The monoisotopic (exact) mass is 298 g/mol. The Morgan fingerprint density at radius 2 is 2.05 bits per heavy atom. The van der Waals surface area contributed by atoms with Gasteiger partial charge in [0.2, 0.25) is 5.82 Å². The molecular weight excluding hydrogens is 282 g/mol. The smallest absolute Gasteiger partial charge is 0.305 e. The molecule has 1 aromatic carbocycles. The van der Waals surface area contributed by atoms with Gasteiger partial charge in [0, 0.05) is 18.7 Å². The standard InChI is InChI=1S/C14H16F2N2O3/c1-8-5-6-17(9(2)7-8)14(19)12-10(15)3-4-11(13(12)16)18(20)21/h3-4,8-9H,5-7H2,1-2H3. The zero-order valence-electron chi connectivity index (χ0n) is 11.8. The highest BCUT2D eigenvalue weighted by atomic mass is 19.1. The first-order valence-corrected chi connectivity index (χ1v) is 6.76. The molecule has 2 atom stereocenters. The second-order valence-electron chi connectivity index (χ2n) is 5.49. The summed E-state index contributed by atoms with van der Waals surface area (Å²) in [4.78, 5) is 23.5. The van der Waals surface area contributed by atoms with E-state index >= 15 is 0 Å². The Morgan fingerprint density at radius 1 is 1.38 bits per heavy atom. The van der Waals surface area contributed by atoms with Crippen LogP contribution < -0.4 is 0 Å². The summed E-state index contributed by atoms with van der Waals surface area (Å²) in [6.07, 6.45) is 1.48. The molecule has 2 rings (SSSR count). The highest BCUT2D eigenvalue weighted by molar-refractivity contribution is 5.95. The maximum Gasteiger partial charge on any atom is 0.305 e. The lowest BCUT2D eigenvalue weighted by atomic mass is 9.92. The molecule has 1 aromatic rings. The zero-order chi connectivity index (χ0) is 15.7. The van der Waals surface area contributed by atoms with Crippen LogP contribution in [0.15, 0.2) is 12.1 Å². The van der Waals surface area contributed by atoms with Crippen molar-refractivity contribution in [3.8, 4) is 0 Å². The van der Waals surface area contributed by atoms with Crippen molar-refractivity contribution < 1.29 is 18.5 Å². The SMILES string of the molecule is CC1CCN(C(=O)c2c(F)ccc([N+](=O)[O-])c2F)C(C)C1. The molecule has 0 radical (unpaired) electrons. The summed E-state index contributed by atoms with van der Waals surface area (Å²) in [6, 6.07) is 1.33. The molecule has 114 valence electrons. The number of piperidine rings is 1.